The standard InChI is InChI=1S/C13H18N2O3/c1-13(2,3)18-12(17)15-10-7-5-4-6-9(10)8-11(14)16/h4-7H,8H2,1-3H3,(H2,14,16)(H,15,17). The van der Waals surface area contributed by atoms with Gasteiger partial charge in [0.25, 0.3) is 0 Å². The maximum absolute atomic E-state index is 11.6. The van der Waals surface area contributed by atoms with E-state index in [0.717, 1.165) is 0 Å². The molecule has 0 saturated carbocycles. The number of rotatable bonds is 3. The summed E-state index contributed by atoms with van der Waals surface area (Å²) in [7, 11) is 0. The molecule has 98 valence electrons. The number of nitrogens with one attached hydrogen (secondary N) is 1. The lowest BCUT2D eigenvalue weighted by molar-refractivity contribution is -0.117. The van der Waals surface area contributed by atoms with Crippen molar-refractivity contribution in [3.05, 3.63) is 29.8 Å². The van der Waals surface area contributed by atoms with Crippen molar-refractivity contribution in [3.8, 4) is 0 Å². The summed E-state index contributed by atoms with van der Waals surface area (Å²) in [4.78, 5) is 22.5. The van der Waals surface area contributed by atoms with E-state index in [-0.39, 0.29) is 6.42 Å². The molecule has 0 fully saturated rings. The molecule has 1 rings (SSSR count). The fourth-order valence-corrected chi connectivity index (χ4v) is 1.40. The monoisotopic (exact) mass is 250 g/mol. The first kappa shape index (κ1) is 14.0. The molecule has 5 heteroatoms. The van der Waals surface area contributed by atoms with Crippen LogP contribution in [0.5, 0.6) is 0 Å². The molecule has 0 aromatic heterocycles. The van der Waals surface area contributed by atoms with Gasteiger partial charge in [-0.1, -0.05) is 18.2 Å². The second-order valence-electron chi connectivity index (χ2n) is 4.93. The third-order valence-electron chi connectivity index (χ3n) is 2.02. The van der Waals surface area contributed by atoms with E-state index in [2.05, 4.69) is 5.32 Å². The minimum absolute atomic E-state index is 0.0754. The highest BCUT2D eigenvalue weighted by Gasteiger charge is 2.17. The number of carbonyl (C=O) groups excluding carboxylic acids is 2. The quantitative estimate of drug-likeness (QED) is 0.861. The summed E-state index contributed by atoms with van der Waals surface area (Å²) in [5, 5.41) is 2.60. The molecule has 3 N–H and O–H groups in total. The summed E-state index contributed by atoms with van der Waals surface area (Å²) in [6.45, 7) is 5.34. The number of para-hydroxylation sites is 1. The minimum atomic E-state index is -0.567. The van der Waals surface area contributed by atoms with Crippen LogP contribution in [0.25, 0.3) is 0 Å². The van der Waals surface area contributed by atoms with Gasteiger partial charge in [-0.15, -0.1) is 0 Å². The summed E-state index contributed by atoms with van der Waals surface area (Å²) in [6.07, 6.45) is -0.481. The molecule has 18 heavy (non-hydrogen) atoms. The van der Waals surface area contributed by atoms with Crippen molar-refractivity contribution in [2.45, 2.75) is 32.8 Å². The van der Waals surface area contributed by atoms with E-state index < -0.39 is 17.6 Å². The maximum Gasteiger partial charge on any atom is 0.412 e. The Kier molecular flexibility index (Phi) is 4.31. The molecule has 0 aliphatic rings. The van der Waals surface area contributed by atoms with E-state index in [9.17, 15) is 9.59 Å². The number of primary amides is 1. The molecule has 0 bridgehead atoms. The van der Waals surface area contributed by atoms with Crippen LogP contribution in [0.3, 0.4) is 0 Å². The Labute approximate surface area is 106 Å². The Morgan fingerprint density at radius 1 is 1.28 bits per heavy atom. The Morgan fingerprint density at radius 2 is 1.89 bits per heavy atom. The first-order valence-electron chi connectivity index (χ1n) is 5.64. The van der Waals surface area contributed by atoms with Gasteiger partial charge < -0.3 is 10.5 Å². The molecule has 1 aromatic rings. The van der Waals surface area contributed by atoms with Crippen LogP contribution in [0.15, 0.2) is 24.3 Å². The third-order valence-corrected chi connectivity index (χ3v) is 2.02. The molecule has 0 radical (unpaired) electrons. The van der Waals surface area contributed by atoms with Gasteiger partial charge >= 0.3 is 6.09 Å². The fraction of sp³-hybridized carbons (Fsp3) is 0.385. The molecular formula is C13H18N2O3. The van der Waals surface area contributed by atoms with Crippen LogP contribution < -0.4 is 11.1 Å². The van der Waals surface area contributed by atoms with Crippen LogP contribution in [0, 0.1) is 0 Å². The minimum Gasteiger partial charge on any atom is -0.444 e. The van der Waals surface area contributed by atoms with E-state index in [1.807, 2.05) is 0 Å². The van der Waals surface area contributed by atoms with Crippen LogP contribution in [0.2, 0.25) is 0 Å². The molecule has 1 aromatic carbocycles. The second-order valence-corrected chi connectivity index (χ2v) is 4.93. The van der Waals surface area contributed by atoms with Gasteiger partial charge in [0.05, 0.1) is 6.42 Å². The van der Waals surface area contributed by atoms with Crippen molar-refractivity contribution >= 4 is 17.7 Å². The van der Waals surface area contributed by atoms with Gasteiger partial charge in [-0.05, 0) is 32.4 Å². The zero-order valence-corrected chi connectivity index (χ0v) is 10.8. The zero-order valence-electron chi connectivity index (χ0n) is 10.8. The normalized spacial score (nSPS) is 10.8. The second kappa shape index (κ2) is 5.53. The molecule has 0 unspecified atom stereocenters. The first-order chi connectivity index (χ1) is 8.28. The number of hydrogen-bond acceptors (Lipinski definition) is 3. The van der Waals surface area contributed by atoms with Crippen molar-refractivity contribution in [1.82, 2.24) is 0 Å². The number of anilines is 1. The Morgan fingerprint density at radius 3 is 2.44 bits per heavy atom. The van der Waals surface area contributed by atoms with Crippen molar-refractivity contribution in [2.24, 2.45) is 5.73 Å². The molecule has 0 aliphatic carbocycles. The van der Waals surface area contributed by atoms with Crippen LogP contribution >= 0.6 is 0 Å². The van der Waals surface area contributed by atoms with E-state index in [1.54, 1.807) is 45.0 Å². The first-order valence-corrected chi connectivity index (χ1v) is 5.64. The molecule has 0 saturated heterocycles. The zero-order chi connectivity index (χ0) is 13.8. The summed E-state index contributed by atoms with van der Waals surface area (Å²) < 4.78 is 5.14. The molecule has 5 nitrogen and oxygen atoms in total. The van der Waals surface area contributed by atoms with Gasteiger partial charge in [-0.25, -0.2) is 4.79 Å². The summed E-state index contributed by atoms with van der Waals surface area (Å²) >= 11 is 0. The van der Waals surface area contributed by atoms with E-state index >= 15 is 0 Å². The Hall–Kier alpha value is -2.04. The van der Waals surface area contributed by atoms with Gasteiger partial charge in [-0.2, -0.15) is 0 Å². The lowest BCUT2D eigenvalue weighted by Crippen LogP contribution is -2.27. The average molecular weight is 250 g/mol. The highest BCUT2D eigenvalue weighted by molar-refractivity contribution is 5.87. The van der Waals surface area contributed by atoms with Crippen molar-refractivity contribution in [1.29, 1.82) is 0 Å². The van der Waals surface area contributed by atoms with Gasteiger partial charge in [0, 0.05) is 5.69 Å². The SMILES string of the molecule is CC(C)(C)OC(=O)Nc1ccccc1CC(N)=O. The summed E-state index contributed by atoms with van der Waals surface area (Å²) in [6, 6.07) is 6.97. The van der Waals surface area contributed by atoms with Crippen molar-refractivity contribution in [2.75, 3.05) is 5.32 Å². The number of ether oxygens (including phenoxy) is 1. The largest absolute Gasteiger partial charge is 0.444 e. The van der Waals surface area contributed by atoms with Crippen molar-refractivity contribution in [3.63, 3.8) is 0 Å². The number of benzene rings is 1. The third kappa shape index (κ3) is 4.86. The van der Waals surface area contributed by atoms with Crippen LogP contribution in [-0.4, -0.2) is 17.6 Å². The predicted octanol–water partition coefficient (Wildman–Crippen LogP) is 2.06. The number of carbonyl (C=O) groups is 2. The average Bonchev–Trinajstić information content (AvgIpc) is 2.17. The van der Waals surface area contributed by atoms with Gasteiger partial charge in [-0.3, -0.25) is 10.1 Å². The summed E-state index contributed by atoms with van der Waals surface area (Å²) in [5.41, 5.74) is 5.77. The molecule has 0 heterocycles. The highest BCUT2D eigenvalue weighted by atomic mass is 16.6. The number of hydrogen-bond donors (Lipinski definition) is 2. The van der Waals surface area contributed by atoms with Gasteiger partial charge in [0.2, 0.25) is 5.91 Å². The number of amides is 2. The van der Waals surface area contributed by atoms with Crippen LogP contribution in [-0.2, 0) is 16.0 Å². The molecule has 2 amide bonds. The topological polar surface area (TPSA) is 81.4 Å². The summed E-state index contributed by atoms with van der Waals surface area (Å²) in [5.74, 6) is -0.451. The number of nitrogens with two attached hydrogens (primary N) is 1. The fourth-order valence-electron chi connectivity index (χ4n) is 1.40. The molecule has 0 spiro atoms. The van der Waals surface area contributed by atoms with E-state index in [0.29, 0.717) is 11.3 Å². The highest BCUT2D eigenvalue weighted by Crippen LogP contribution is 2.17. The van der Waals surface area contributed by atoms with Crippen LogP contribution in [0.4, 0.5) is 10.5 Å². The smallest absolute Gasteiger partial charge is 0.412 e. The lowest BCUT2D eigenvalue weighted by Gasteiger charge is -2.20. The molecule has 0 aliphatic heterocycles. The van der Waals surface area contributed by atoms with E-state index in [1.165, 1.54) is 0 Å². The van der Waals surface area contributed by atoms with Gasteiger partial charge in [0.15, 0.2) is 0 Å². The van der Waals surface area contributed by atoms with E-state index in [4.69, 9.17) is 10.5 Å². The molecule has 0 atom stereocenters. The Balaban J connectivity index is 2.78. The lowest BCUT2D eigenvalue weighted by atomic mass is 10.1. The van der Waals surface area contributed by atoms with Crippen LogP contribution in [0.1, 0.15) is 26.3 Å². The molecular weight excluding hydrogens is 232 g/mol. The van der Waals surface area contributed by atoms with Crippen molar-refractivity contribution < 1.29 is 14.3 Å². The Bertz CT molecular complexity index is 450. The predicted molar refractivity (Wildman–Crippen MR) is 69.2 cm³/mol. The maximum atomic E-state index is 11.6. The van der Waals surface area contributed by atoms with Gasteiger partial charge in [0.1, 0.15) is 5.60 Å².